The van der Waals surface area contributed by atoms with E-state index in [-0.39, 0.29) is 29.7 Å². The number of para-hydroxylation sites is 2. The van der Waals surface area contributed by atoms with Crippen LogP contribution in [0.2, 0.25) is 0 Å². The fourth-order valence-corrected chi connectivity index (χ4v) is 3.20. The summed E-state index contributed by atoms with van der Waals surface area (Å²) >= 11 is 0. The molecule has 0 saturated carbocycles. The topological polar surface area (TPSA) is 97.4 Å². The molecule has 0 aliphatic heterocycles. The molecule has 0 amide bonds. The summed E-state index contributed by atoms with van der Waals surface area (Å²) < 4.78 is 2.23. The van der Waals surface area contributed by atoms with E-state index in [1.807, 2.05) is 38.1 Å². The lowest BCUT2D eigenvalue weighted by Gasteiger charge is -2.12. The smallest absolute Gasteiger partial charge is 0.269 e. The van der Waals surface area contributed by atoms with Crippen LogP contribution in [0.15, 0.2) is 53.5 Å². The van der Waals surface area contributed by atoms with Gasteiger partial charge in [0, 0.05) is 31.8 Å². The Morgan fingerprint density at radius 1 is 1.20 bits per heavy atom. The minimum Gasteiger partial charge on any atom is -0.357 e. The van der Waals surface area contributed by atoms with E-state index in [1.165, 1.54) is 6.07 Å². The van der Waals surface area contributed by atoms with Crippen LogP contribution in [-0.2, 0) is 13.1 Å². The summed E-state index contributed by atoms with van der Waals surface area (Å²) in [5.41, 5.74) is 3.05. The number of aryl methyl sites for hydroxylation is 2. The Hall–Kier alpha value is -2.69. The summed E-state index contributed by atoms with van der Waals surface area (Å²) in [5.74, 6) is 1.71. The fourth-order valence-electron chi connectivity index (χ4n) is 3.20. The van der Waals surface area contributed by atoms with Crippen molar-refractivity contribution in [1.82, 2.24) is 20.2 Å². The molecule has 0 fully saturated rings. The Kier molecular flexibility index (Phi) is 9.03. The van der Waals surface area contributed by atoms with Crippen molar-refractivity contribution >= 4 is 46.7 Å². The van der Waals surface area contributed by atoms with Crippen LogP contribution < -0.4 is 10.6 Å². The number of imidazole rings is 1. The van der Waals surface area contributed by atoms with E-state index in [2.05, 4.69) is 31.2 Å². The highest BCUT2D eigenvalue weighted by atomic mass is 127. The maximum atomic E-state index is 10.9. The highest BCUT2D eigenvalue weighted by Gasteiger charge is 2.07. The predicted octanol–water partition coefficient (Wildman–Crippen LogP) is 4.02. The van der Waals surface area contributed by atoms with Gasteiger partial charge in [0.1, 0.15) is 5.82 Å². The van der Waals surface area contributed by atoms with Crippen LogP contribution in [0.1, 0.15) is 24.7 Å². The first kappa shape index (κ1) is 23.6. The highest BCUT2D eigenvalue weighted by Crippen LogP contribution is 2.16. The molecule has 0 aliphatic carbocycles. The molecule has 1 heterocycles. The molecule has 0 radical (unpaired) electrons. The van der Waals surface area contributed by atoms with Gasteiger partial charge in [-0.2, -0.15) is 0 Å². The zero-order valence-corrected chi connectivity index (χ0v) is 19.5. The van der Waals surface area contributed by atoms with E-state index in [1.54, 1.807) is 12.1 Å². The molecule has 1 aromatic heterocycles. The van der Waals surface area contributed by atoms with Gasteiger partial charge in [-0.1, -0.05) is 24.3 Å². The molecule has 0 aliphatic rings. The Balaban J connectivity index is 0.00000320. The van der Waals surface area contributed by atoms with Gasteiger partial charge in [-0.15, -0.1) is 24.0 Å². The van der Waals surface area contributed by atoms with Crippen LogP contribution >= 0.6 is 24.0 Å². The van der Waals surface area contributed by atoms with Gasteiger partial charge in [0.15, 0.2) is 5.96 Å². The van der Waals surface area contributed by atoms with Gasteiger partial charge >= 0.3 is 0 Å². The van der Waals surface area contributed by atoms with Crippen LogP contribution in [0.5, 0.6) is 0 Å². The molecular formula is C21H27IN6O2. The quantitative estimate of drug-likeness (QED) is 0.116. The minimum absolute atomic E-state index is 0. The Morgan fingerprint density at radius 3 is 2.77 bits per heavy atom. The number of hydrogen-bond donors (Lipinski definition) is 2. The summed E-state index contributed by atoms with van der Waals surface area (Å²) in [6, 6.07) is 14.7. The van der Waals surface area contributed by atoms with Crippen LogP contribution in [0.4, 0.5) is 5.69 Å². The molecule has 30 heavy (non-hydrogen) atoms. The average molecular weight is 522 g/mol. The van der Waals surface area contributed by atoms with Gasteiger partial charge in [0.25, 0.3) is 5.69 Å². The molecule has 0 unspecified atom stereocenters. The number of rotatable bonds is 8. The first-order valence-electron chi connectivity index (χ1n) is 9.76. The first-order valence-corrected chi connectivity index (χ1v) is 9.76. The van der Waals surface area contributed by atoms with Crippen molar-refractivity contribution in [2.75, 3.05) is 13.1 Å². The van der Waals surface area contributed by atoms with Gasteiger partial charge in [-0.3, -0.25) is 10.1 Å². The first-order chi connectivity index (χ1) is 14.1. The number of nitro benzene ring substituents is 1. The maximum absolute atomic E-state index is 10.9. The molecule has 0 saturated heterocycles. The monoisotopic (exact) mass is 522 g/mol. The van der Waals surface area contributed by atoms with Crippen molar-refractivity contribution in [3.8, 4) is 0 Å². The molecule has 9 heteroatoms. The second kappa shape index (κ2) is 11.5. The van der Waals surface area contributed by atoms with E-state index in [4.69, 9.17) is 0 Å². The number of nitro groups is 1. The summed E-state index contributed by atoms with van der Waals surface area (Å²) in [7, 11) is 0. The average Bonchev–Trinajstić information content (AvgIpc) is 3.04. The van der Waals surface area contributed by atoms with Crippen molar-refractivity contribution in [1.29, 1.82) is 0 Å². The van der Waals surface area contributed by atoms with Crippen LogP contribution in [0.3, 0.4) is 0 Å². The SMILES string of the molecule is CCNC(=NCc1cccc([N+](=O)[O-])c1)NCCCn1c(C)nc2ccccc21.I. The number of fused-ring (bicyclic) bond motifs is 1. The second-order valence-electron chi connectivity index (χ2n) is 6.70. The lowest BCUT2D eigenvalue weighted by molar-refractivity contribution is -0.384. The number of non-ortho nitro benzene ring substituents is 1. The largest absolute Gasteiger partial charge is 0.357 e. The van der Waals surface area contributed by atoms with Gasteiger partial charge in [0.05, 0.1) is 22.5 Å². The number of nitrogens with zero attached hydrogens (tertiary/aromatic N) is 4. The highest BCUT2D eigenvalue weighted by molar-refractivity contribution is 14.0. The van der Waals surface area contributed by atoms with E-state index in [0.29, 0.717) is 12.5 Å². The molecule has 2 N–H and O–H groups in total. The molecule has 0 atom stereocenters. The summed E-state index contributed by atoms with van der Waals surface area (Å²) in [4.78, 5) is 19.7. The van der Waals surface area contributed by atoms with Crippen LogP contribution in [-0.4, -0.2) is 33.5 Å². The molecular weight excluding hydrogens is 495 g/mol. The normalized spacial score (nSPS) is 11.2. The third-order valence-corrected chi connectivity index (χ3v) is 4.58. The lowest BCUT2D eigenvalue weighted by Crippen LogP contribution is -2.38. The third-order valence-electron chi connectivity index (χ3n) is 4.58. The summed E-state index contributed by atoms with van der Waals surface area (Å²) in [5, 5.41) is 17.5. The zero-order chi connectivity index (χ0) is 20.6. The summed E-state index contributed by atoms with van der Waals surface area (Å²) in [6.07, 6.45) is 0.919. The van der Waals surface area contributed by atoms with Gasteiger partial charge < -0.3 is 15.2 Å². The Labute approximate surface area is 193 Å². The number of aromatic nitrogens is 2. The number of benzene rings is 2. The Bertz CT molecular complexity index is 1020. The van der Waals surface area contributed by atoms with E-state index in [0.717, 1.165) is 48.5 Å². The van der Waals surface area contributed by atoms with Gasteiger partial charge in [0.2, 0.25) is 0 Å². The number of guanidine groups is 1. The van der Waals surface area contributed by atoms with Crippen molar-refractivity contribution in [3.63, 3.8) is 0 Å². The molecule has 160 valence electrons. The molecule has 3 rings (SSSR count). The number of nitrogens with one attached hydrogen (secondary N) is 2. The minimum atomic E-state index is -0.390. The Morgan fingerprint density at radius 2 is 2.00 bits per heavy atom. The van der Waals surface area contributed by atoms with Crippen molar-refractivity contribution in [2.24, 2.45) is 4.99 Å². The van der Waals surface area contributed by atoms with E-state index >= 15 is 0 Å². The summed E-state index contributed by atoms with van der Waals surface area (Å²) in [6.45, 7) is 6.77. The zero-order valence-electron chi connectivity index (χ0n) is 17.2. The molecule has 3 aromatic rings. The van der Waals surface area contributed by atoms with Gasteiger partial charge in [-0.25, -0.2) is 9.98 Å². The maximum Gasteiger partial charge on any atom is 0.269 e. The molecule has 0 bridgehead atoms. The standard InChI is InChI=1S/C21H26N6O2.HI/c1-3-22-21(24-15-17-8-6-9-18(14-17)27(28)29)23-12-7-13-26-16(2)25-19-10-4-5-11-20(19)26;/h4-6,8-11,14H,3,7,12-13,15H2,1-2H3,(H2,22,23,24);1H. The number of halogens is 1. The van der Waals surface area contributed by atoms with Gasteiger partial charge in [-0.05, 0) is 38.0 Å². The van der Waals surface area contributed by atoms with Crippen molar-refractivity contribution in [2.45, 2.75) is 33.4 Å². The molecule has 2 aromatic carbocycles. The van der Waals surface area contributed by atoms with Crippen molar-refractivity contribution < 1.29 is 4.92 Å². The molecule has 0 spiro atoms. The second-order valence-corrected chi connectivity index (χ2v) is 6.70. The van der Waals surface area contributed by atoms with Crippen LogP contribution in [0, 0.1) is 17.0 Å². The van der Waals surface area contributed by atoms with E-state index in [9.17, 15) is 10.1 Å². The molecule has 8 nitrogen and oxygen atoms in total. The number of hydrogen-bond acceptors (Lipinski definition) is 4. The fraction of sp³-hybridized carbons (Fsp3) is 0.333. The number of aliphatic imine (C=N–C) groups is 1. The third kappa shape index (κ3) is 6.15. The van der Waals surface area contributed by atoms with E-state index < -0.39 is 4.92 Å². The van der Waals surface area contributed by atoms with Crippen LogP contribution in [0.25, 0.3) is 11.0 Å². The predicted molar refractivity (Wildman–Crippen MR) is 130 cm³/mol. The van der Waals surface area contributed by atoms with Crippen molar-refractivity contribution in [3.05, 3.63) is 70.0 Å². The lowest BCUT2D eigenvalue weighted by atomic mass is 10.2.